The summed E-state index contributed by atoms with van der Waals surface area (Å²) in [5, 5.41) is 14.2. The molecule has 0 spiro atoms. The van der Waals surface area contributed by atoms with Crippen molar-refractivity contribution in [1.29, 1.82) is 0 Å². The third kappa shape index (κ3) is 4.99. The predicted molar refractivity (Wildman–Crippen MR) is 99.0 cm³/mol. The SMILES string of the molecule is Cn1cc(CCCSc2nnc(COc3ccc(Cl)cc3)n2C)cn1. The summed E-state index contributed by atoms with van der Waals surface area (Å²) in [6, 6.07) is 7.29. The van der Waals surface area contributed by atoms with Crippen LogP contribution in [0.5, 0.6) is 5.75 Å². The lowest BCUT2D eigenvalue weighted by Gasteiger charge is -2.06. The topological polar surface area (TPSA) is 57.8 Å². The highest BCUT2D eigenvalue weighted by Crippen LogP contribution is 2.20. The van der Waals surface area contributed by atoms with E-state index < -0.39 is 0 Å². The van der Waals surface area contributed by atoms with Crippen LogP contribution in [0.3, 0.4) is 0 Å². The summed E-state index contributed by atoms with van der Waals surface area (Å²) in [7, 11) is 3.90. The largest absolute Gasteiger partial charge is 0.486 e. The number of aryl methyl sites for hydroxylation is 2. The van der Waals surface area contributed by atoms with Gasteiger partial charge in [0.1, 0.15) is 12.4 Å². The highest BCUT2D eigenvalue weighted by atomic mass is 35.5. The first-order chi connectivity index (χ1) is 12.1. The number of benzene rings is 1. The number of hydrogen-bond donors (Lipinski definition) is 0. The molecule has 25 heavy (non-hydrogen) atoms. The van der Waals surface area contributed by atoms with Crippen molar-refractivity contribution in [3.05, 3.63) is 53.1 Å². The molecule has 6 nitrogen and oxygen atoms in total. The van der Waals surface area contributed by atoms with Gasteiger partial charge in [-0.1, -0.05) is 23.4 Å². The Labute approximate surface area is 156 Å². The molecule has 0 aliphatic carbocycles. The third-order valence-electron chi connectivity index (χ3n) is 3.71. The Morgan fingerprint density at radius 1 is 1.16 bits per heavy atom. The highest BCUT2D eigenvalue weighted by Gasteiger charge is 2.10. The molecule has 2 heterocycles. The van der Waals surface area contributed by atoms with E-state index in [0.717, 1.165) is 35.3 Å². The van der Waals surface area contributed by atoms with Crippen molar-refractivity contribution in [2.24, 2.45) is 14.1 Å². The molecule has 3 rings (SSSR count). The summed E-state index contributed by atoms with van der Waals surface area (Å²) in [4.78, 5) is 0. The molecule has 0 fully saturated rings. The van der Waals surface area contributed by atoms with Gasteiger partial charge in [0.05, 0.1) is 6.20 Å². The van der Waals surface area contributed by atoms with Crippen LogP contribution in [-0.2, 0) is 27.1 Å². The summed E-state index contributed by atoms with van der Waals surface area (Å²) < 4.78 is 9.53. The van der Waals surface area contributed by atoms with Crippen LogP contribution in [0.25, 0.3) is 0 Å². The van der Waals surface area contributed by atoms with Crippen LogP contribution < -0.4 is 4.74 Å². The lowest BCUT2D eigenvalue weighted by Crippen LogP contribution is -2.04. The van der Waals surface area contributed by atoms with Gasteiger partial charge in [-0.25, -0.2) is 0 Å². The molecule has 8 heteroatoms. The third-order valence-corrected chi connectivity index (χ3v) is 5.06. The van der Waals surface area contributed by atoms with Crippen molar-refractivity contribution in [2.75, 3.05) is 5.75 Å². The molecule has 0 saturated heterocycles. The normalized spacial score (nSPS) is 11.0. The van der Waals surface area contributed by atoms with Crippen LogP contribution in [0, 0.1) is 0 Å². The fourth-order valence-electron chi connectivity index (χ4n) is 2.32. The molecule has 1 aromatic carbocycles. The van der Waals surface area contributed by atoms with Crippen LogP contribution >= 0.6 is 23.4 Å². The first-order valence-corrected chi connectivity index (χ1v) is 9.35. The maximum Gasteiger partial charge on any atom is 0.191 e. The van der Waals surface area contributed by atoms with Crippen LogP contribution in [-0.4, -0.2) is 30.3 Å². The first-order valence-electron chi connectivity index (χ1n) is 7.99. The molecule has 0 radical (unpaired) electrons. The minimum absolute atomic E-state index is 0.376. The van der Waals surface area contributed by atoms with Gasteiger partial charge in [0.15, 0.2) is 11.0 Å². The molecule has 0 amide bonds. The number of halogens is 1. The van der Waals surface area contributed by atoms with E-state index in [1.165, 1.54) is 5.56 Å². The Morgan fingerprint density at radius 3 is 2.68 bits per heavy atom. The van der Waals surface area contributed by atoms with E-state index in [1.54, 1.807) is 23.9 Å². The van der Waals surface area contributed by atoms with Crippen molar-refractivity contribution in [3.63, 3.8) is 0 Å². The van der Waals surface area contributed by atoms with Crippen molar-refractivity contribution in [3.8, 4) is 5.75 Å². The van der Waals surface area contributed by atoms with Crippen molar-refractivity contribution < 1.29 is 4.74 Å². The van der Waals surface area contributed by atoms with Crippen LogP contribution in [0.15, 0.2) is 41.8 Å². The zero-order valence-electron chi connectivity index (χ0n) is 14.2. The fourth-order valence-corrected chi connectivity index (χ4v) is 3.31. The van der Waals surface area contributed by atoms with Crippen molar-refractivity contribution >= 4 is 23.4 Å². The van der Waals surface area contributed by atoms with E-state index in [0.29, 0.717) is 11.6 Å². The van der Waals surface area contributed by atoms with Gasteiger partial charge in [-0.15, -0.1) is 10.2 Å². The smallest absolute Gasteiger partial charge is 0.191 e. The molecule has 3 aromatic rings. The van der Waals surface area contributed by atoms with Gasteiger partial charge in [-0.05, 0) is 42.7 Å². The van der Waals surface area contributed by atoms with Gasteiger partial charge in [-0.3, -0.25) is 4.68 Å². The van der Waals surface area contributed by atoms with Gasteiger partial charge in [0.2, 0.25) is 0 Å². The average molecular weight is 378 g/mol. The average Bonchev–Trinajstić information content (AvgIpc) is 3.17. The van der Waals surface area contributed by atoms with Crippen LogP contribution in [0.4, 0.5) is 0 Å². The van der Waals surface area contributed by atoms with Crippen molar-refractivity contribution in [1.82, 2.24) is 24.5 Å². The summed E-state index contributed by atoms with van der Waals surface area (Å²) in [5.74, 6) is 2.54. The second kappa shape index (κ2) is 8.40. The van der Waals surface area contributed by atoms with E-state index >= 15 is 0 Å². The maximum absolute atomic E-state index is 5.87. The standard InChI is InChI=1S/C17H20ClN5OS/c1-22-11-13(10-19-22)4-3-9-25-17-21-20-16(23(17)2)12-24-15-7-5-14(18)6-8-15/h5-8,10-11H,3-4,9,12H2,1-2H3. The molecule has 2 aromatic heterocycles. The predicted octanol–water partition coefficient (Wildman–Crippen LogP) is 3.51. The number of hydrogen-bond acceptors (Lipinski definition) is 5. The Morgan fingerprint density at radius 2 is 1.96 bits per heavy atom. The second-order valence-corrected chi connectivity index (χ2v) is 7.17. The minimum Gasteiger partial charge on any atom is -0.486 e. The summed E-state index contributed by atoms with van der Waals surface area (Å²) in [6.07, 6.45) is 6.06. The molecule has 0 saturated carbocycles. The number of nitrogens with zero attached hydrogens (tertiary/aromatic N) is 5. The molecule has 132 valence electrons. The van der Waals surface area contributed by atoms with Crippen LogP contribution in [0.2, 0.25) is 5.02 Å². The van der Waals surface area contributed by atoms with Crippen molar-refractivity contribution in [2.45, 2.75) is 24.6 Å². The fraction of sp³-hybridized carbons (Fsp3) is 0.353. The van der Waals surface area contributed by atoms with E-state index in [9.17, 15) is 0 Å². The van der Waals surface area contributed by atoms with Gasteiger partial charge in [0.25, 0.3) is 0 Å². The zero-order valence-corrected chi connectivity index (χ0v) is 15.8. The minimum atomic E-state index is 0.376. The summed E-state index contributed by atoms with van der Waals surface area (Å²) in [6.45, 7) is 0.376. The lowest BCUT2D eigenvalue weighted by molar-refractivity contribution is 0.290. The first kappa shape index (κ1) is 17.8. The summed E-state index contributed by atoms with van der Waals surface area (Å²) >= 11 is 7.58. The van der Waals surface area contributed by atoms with Gasteiger partial charge >= 0.3 is 0 Å². The monoisotopic (exact) mass is 377 g/mol. The second-order valence-electron chi connectivity index (χ2n) is 5.67. The molecule has 0 bridgehead atoms. The number of rotatable bonds is 8. The van der Waals surface area contributed by atoms with Gasteiger partial charge in [-0.2, -0.15) is 5.10 Å². The highest BCUT2D eigenvalue weighted by molar-refractivity contribution is 7.99. The Kier molecular flexibility index (Phi) is 5.99. The number of thioether (sulfide) groups is 1. The van der Waals surface area contributed by atoms with Crippen LogP contribution in [0.1, 0.15) is 17.8 Å². The Hall–Kier alpha value is -1.99. The molecule has 0 unspecified atom stereocenters. The molecule has 0 atom stereocenters. The molecule has 0 aliphatic heterocycles. The number of ether oxygens (including phenoxy) is 1. The maximum atomic E-state index is 5.87. The van der Waals surface area contributed by atoms with E-state index in [2.05, 4.69) is 21.5 Å². The van der Waals surface area contributed by atoms with E-state index in [-0.39, 0.29) is 0 Å². The van der Waals surface area contributed by atoms with Gasteiger partial charge < -0.3 is 9.30 Å². The van der Waals surface area contributed by atoms with Gasteiger partial charge in [0, 0.05) is 31.1 Å². The quantitative estimate of drug-likeness (QED) is 0.444. The Balaban J connectivity index is 1.46. The zero-order chi connectivity index (χ0) is 17.6. The lowest BCUT2D eigenvalue weighted by atomic mass is 10.2. The Bertz CT molecular complexity index is 815. The van der Waals surface area contributed by atoms with E-state index in [4.69, 9.17) is 16.3 Å². The summed E-state index contributed by atoms with van der Waals surface area (Å²) in [5.41, 5.74) is 1.26. The molecular formula is C17H20ClN5OS. The number of aromatic nitrogens is 5. The molecular weight excluding hydrogens is 358 g/mol. The molecule has 0 aliphatic rings. The molecule has 0 N–H and O–H groups in total. The van der Waals surface area contributed by atoms with E-state index in [1.807, 2.05) is 41.7 Å².